The largest absolute Gasteiger partial charge is 0.370 e. The fourth-order valence-corrected chi connectivity index (χ4v) is 7.81. The number of amides is 3. The molecule has 0 saturated heterocycles. The van der Waals surface area contributed by atoms with Gasteiger partial charge < -0.3 is 49.4 Å². The summed E-state index contributed by atoms with van der Waals surface area (Å²) in [6.07, 6.45) is 2.89. The number of benzene rings is 2. The molecule has 3 rings (SSSR count). The normalized spacial score (nSPS) is 13.1. The fraction of sp³-hybridized carbons (Fsp3) is 0.512. The van der Waals surface area contributed by atoms with Gasteiger partial charge in [0.05, 0.1) is 22.3 Å². The van der Waals surface area contributed by atoms with Crippen molar-refractivity contribution in [1.82, 2.24) is 20.9 Å². The maximum atomic E-state index is 14.2. The lowest BCUT2D eigenvalue weighted by atomic mass is 9.88. The average Bonchev–Trinajstić information content (AvgIpc) is 3.65. The van der Waals surface area contributed by atoms with Gasteiger partial charge in [-0.25, -0.2) is 4.98 Å². The molecule has 3 amide bonds. The first-order chi connectivity index (χ1) is 29.1. The number of guanidine groups is 2. The third-order valence-corrected chi connectivity index (χ3v) is 10.9. The highest BCUT2D eigenvalue weighted by Gasteiger charge is 2.33. The number of nitrogens with two attached hydrogens (primary N) is 5. The Kier molecular flexibility index (Phi) is 21.0. The second-order valence-corrected chi connectivity index (χ2v) is 16.7. The number of nitrogens with zero attached hydrogens (tertiary/aromatic N) is 3. The summed E-state index contributed by atoms with van der Waals surface area (Å²) in [5, 5.41) is 8.81. The number of nitrogens with one attached hydrogen (secondary N) is 3. The summed E-state index contributed by atoms with van der Waals surface area (Å²) in [6, 6.07) is 12.5. The molecular formula is C43H63N11O6S. The van der Waals surface area contributed by atoms with Crippen LogP contribution in [-0.2, 0) is 25.7 Å². The molecule has 1 heterocycles. The highest BCUT2D eigenvalue weighted by atomic mass is 32.1. The van der Waals surface area contributed by atoms with Crippen molar-refractivity contribution in [2.45, 2.75) is 104 Å². The summed E-state index contributed by atoms with van der Waals surface area (Å²) < 4.78 is 0.613. The molecule has 0 radical (unpaired) electrons. The zero-order valence-corrected chi connectivity index (χ0v) is 36.3. The van der Waals surface area contributed by atoms with Crippen LogP contribution in [0.15, 0.2) is 58.5 Å². The number of aliphatic imine (C=N–C) groups is 2. The van der Waals surface area contributed by atoms with Gasteiger partial charge in [-0.15, -0.1) is 11.3 Å². The molecule has 13 N–H and O–H groups in total. The van der Waals surface area contributed by atoms with Crippen LogP contribution in [-0.4, -0.2) is 83.7 Å². The van der Waals surface area contributed by atoms with Crippen molar-refractivity contribution in [1.29, 1.82) is 0 Å². The van der Waals surface area contributed by atoms with Crippen molar-refractivity contribution in [3.05, 3.63) is 64.7 Å². The molecule has 332 valence electrons. The van der Waals surface area contributed by atoms with Crippen molar-refractivity contribution < 1.29 is 28.8 Å². The Balaban J connectivity index is 1.85. The zero-order valence-electron chi connectivity index (χ0n) is 35.5. The minimum atomic E-state index is -1.04. The topological polar surface area (TPSA) is 306 Å². The number of thiazole rings is 1. The molecule has 0 unspecified atom stereocenters. The highest BCUT2D eigenvalue weighted by Crippen LogP contribution is 2.26. The van der Waals surface area contributed by atoms with E-state index in [0.29, 0.717) is 67.4 Å². The van der Waals surface area contributed by atoms with Crippen LogP contribution in [0.4, 0.5) is 0 Å². The number of hydrogen-bond acceptors (Lipinski definition) is 11. The number of hydrogen-bond donors (Lipinski definition) is 8. The van der Waals surface area contributed by atoms with Crippen LogP contribution in [0, 0.1) is 17.8 Å². The van der Waals surface area contributed by atoms with Gasteiger partial charge in [0.15, 0.2) is 22.7 Å². The lowest BCUT2D eigenvalue weighted by molar-refractivity contribution is -0.134. The average molecular weight is 862 g/mol. The van der Waals surface area contributed by atoms with Gasteiger partial charge in [0.25, 0.3) is 5.91 Å². The molecule has 0 aliphatic carbocycles. The first-order valence-electron chi connectivity index (χ1n) is 20.8. The lowest BCUT2D eigenvalue weighted by Gasteiger charge is -2.25. The second-order valence-electron chi connectivity index (χ2n) is 15.6. The Labute approximate surface area is 361 Å². The summed E-state index contributed by atoms with van der Waals surface area (Å²) in [7, 11) is 0. The number of carbonyl (C=O) groups excluding carboxylic acids is 6. The van der Waals surface area contributed by atoms with Crippen LogP contribution < -0.4 is 44.6 Å². The Hall–Kier alpha value is -5.75. The number of unbranched alkanes of at least 4 members (excludes halogenated alkanes) is 1. The van der Waals surface area contributed by atoms with E-state index >= 15 is 0 Å². The van der Waals surface area contributed by atoms with Crippen molar-refractivity contribution in [3.63, 3.8) is 0 Å². The standard InChI is InChI=1S/C43H63N11O6S/c1-26(2)21-31(23-35(56)32(14-9-19-49-42(45)46)52-39(59)29(22-27(3)55)13-7-8-18-44)40(60)53-34(15-10-20-50-43(47)48)37(57)41-54-33-17-16-30(24-36(33)61-41)38(58)51-25-28-11-5-4-6-12-28/h4-6,11-12,16-17,24,26,29,31-32,34H,7-10,13-15,18-23,25,44H2,1-3H3,(H,51,58)(H,52,59)(H,53,60)(H4,45,46,49)(H4,47,48,50)/t29-,31-,32+,34+/m1/s1. The van der Waals surface area contributed by atoms with Gasteiger partial charge in [-0.3, -0.25) is 34.0 Å². The van der Waals surface area contributed by atoms with Crippen LogP contribution >= 0.6 is 11.3 Å². The molecule has 61 heavy (non-hydrogen) atoms. The molecule has 17 nitrogen and oxygen atoms in total. The van der Waals surface area contributed by atoms with E-state index in [1.54, 1.807) is 18.2 Å². The van der Waals surface area contributed by atoms with Crippen molar-refractivity contribution in [2.24, 2.45) is 56.4 Å². The molecule has 0 saturated carbocycles. The van der Waals surface area contributed by atoms with E-state index in [2.05, 4.69) is 30.9 Å². The second kappa shape index (κ2) is 25.8. The summed E-state index contributed by atoms with van der Waals surface area (Å²) in [5.41, 5.74) is 29.6. The van der Waals surface area contributed by atoms with E-state index in [4.69, 9.17) is 28.7 Å². The van der Waals surface area contributed by atoms with E-state index < -0.39 is 41.5 Å². The number of aromatic nitrogens is 1. The number of ketones is 3. The van der Waals surface area contributed by atoms with Crippen LogP contribution in [0.25, 0.3) is 10.2 Å². The van der Waals surface area contributed by atoms with E-state index in [1.807, 2.05) is 44.2 Å². The molecule has 3 aromatic rings. The van der Waals surface area contributed by atoms with Gasteiger partial charge in [-0.1, -0.05) is 50.6 Å². The molecule has 0 bridgehead atoms. The monoisotopic (exact) mass is 861 g/mol. The predicted octanol–water partition coefficient (Wildman–Crippen LogP) is 2.83. The van der Waals surface area contributed by atoms with Gasteiger partial charge in [-0.2, -0.15) is 0 Å². The molecule has 4 atom stereocenters. The summed E-state index contributed by atoms with van der Waals surface area (Å²) >= 11 is 1.11. The summed E-state index contributed by atoms with van der Waals surface area (Å²) in [4.78, 5) is 93.7. The van der Waals surface area contributed by atoms with E-state index in [-0.39, 0.29) is 79.1 Å². The fourth-order valence-electron chi connectivity index (χ4n) is 6.81. The third-order valence-electron chi connectivity index (χ3n) is 9.87. The van der Waals surface area contributed by atoms with Gasteiger partial charge in [-0.05, 0) is 88.1 Å². The van der Waals surface area contributed by atoms with E-state index in [1.165, 1.54) is 6.92 Å². The zero-order chi connectivity index (χ0) is 44.9. The molecule has 18 heteroatoms. The van der Waals surface area contributed by atoms with Gasteiger partial charge >= 0.3 is 0 Å². The molecule has 0 aliphatic rings. The lowest BCUT2D eigenvalue weighted by Crippen LogP contribution is -2.47. The summed E-state index contributed by atoms with van der Waals surface area (Å²) in [6.45, 7) is 6.46. The Morgan fingerprint density at radius 3 is 1.98 bits per heavy atom. The van der Waals surface area contributed by atoms with Crippen LogP contribution in [0.5, 0.6) is 0 Å². The Bertz CT molecular complexity index is 1990. The Morgan fingerprint density at radius 1 is 0.754 bits per heavy atom. The van der Waals surface area contributed by atoms with Gasteiger partial charge in [0, 0.05) is 49.9 Å². The quantitative estimate of drug-likeness (QED) is 0.0226. The number of fused-ring (bicyclic) bond motifs is 1. The van der Waals surface area contributed by atoms with Crippen LogP contribution in [0.3, 0.4) is 0 Å². The first-order valence-corrected chi connectivity index (χ1v) is 21.6. The maximum Gasteiger partial charge on any atom is 0.251 e. The number of Topliss-reactive ketones (excluding diaryl/α,β-unsaturated/α-hetero) is 3. The van der Waals surface area contributed by atoms with E-state index in [9.17, 15) is 28.8 Å². The smallest absolute Gasteiger partial charge is 0.251 e. The summed E-state index contributed by atoms with van der Waals surface area (Å²) in [5.74, 6) is -3.95. The van der Waals surface area contributed by atoms with Crippen molar-refractivity contribution >= 4 is 68.5 Å². The SMILES string of the molecule is CC(=O)C[C@@H](CCCCN)C(=O)N[C@@H](CCCN=C(N)N)C(=O)C[C@@H](CC(C)C)C(=O)N[C@@H](CCCN=C(N)N)C(=O)c1nc2ccc(C(=O)NCc3ccccc3)cc2s1. The maximum absolute atomic E-state index is 14.2. The van der Waals surface area contributed by atoms with Gasteiger partial charge in [0.1, 0.15) is 5.78 Å². The first kappa shape index (κ1) is 49.6. The molecule has 1 aromatic heterocycles. The van der Waals surface area contributed by atoms with Crippen LogP contribution in [0.1, 0.15) is 111 Å². The molecule has 0 fully saturated rings. The van der Waals surface area contributed by atoms with Crippen molar-refractivity contribution in [2.75, 3.05) is 19.6 Å². The minimum absolute atomic E-state index is 0.0136. The van der Waals surface area contributed by atoms with Gasteiger partial charge in [0.2, 0.25) is 17.6 Å². The number of carbonyl (C=O) groups is 6. The van der Waals surface area contributed by atoms with Crippen LogP contribution in [0.2, 0.25) is 0 Å². The molecule has 0 aliphatic heterocycles. The third kappa shape index (κ3) is 17.8. The van der Waals surface area contributed by atoms with E-state index in [0.717, 1.165) is 16.9 Å². The minimum Gasteiger partial charge on any atom is -0.370 e. The van der Waals surface area contributed by atoms with Crippen molar-refractivity contribution in [3.8, 4) is 0 Å². The molecular weight excluding hydrogens is 799 g/mol. The molecule has 0 spiro atoms. The molecule has 2 aromatic carbocycles. The highest BCUT2D eigenvalue weighted by molar-refractivity contribution is 7.20. The Morgan fingerprint density at radius 2 is 1.38 bits per heavy atom. The number of rotatable bonds is 28. The predicted molar refractivity (Wildman–Crippen MR) is 240 cm³/mol.